The van der Waals surface area contributed by atoms with Gasteiger partial charge in [0.25, 0.3) is 0 Å². The van der Waals surface area contributed by atoms with Gasteiger partial charge in [-0.2, -0.15) is 0 Å². The molecule has 6 atom stereocenters. The predicted molar refractivity (Wildman–Crippen MR) is 175 cm³/mol. The summed E-state index contributed by atoms with van der Waals surface area (Å²) in [5.74, 6) is -3.59. The van der Waals surface area contributed by atoms with E-state index in [0.29, 0.717) is 23.9 Å². The molecule has 1 saturated carbocycles. The predicted octanol–water partition coefficient (Wildman–Crippen LogP) is 5.72. The van der Waals surface area contributed by atoms with Crippen LogP contribution in [0.2, 0.25) is 0 Å². The van der Waals surface area contributed by atoms with Gasteiger partial charge in [0, 0.05) is 17.8 Å². The lowest BCUT2D eigenvalue weighted by atomic mass is 9.51. The van der Waals surface area contributed by atoms with Crippen molar-refractivity contribution in [3.8, 4) is 11.5 Å². The van der Waals surface area contributed by atoms with Crippen molar-refractivity contribution in [3.63, 3.8) is 0 Å². The molecule has 3 fully saturated rings. The van der Waals surface area contributed by atoms with E-state index in [4.69, 9.17) is 0 Å². The summed E-state index contributed by atoms with van der Waals surface area (Å²) in [6, 6.07) is 26.7. The van der Waals surface area contributed by atoms with Crippen LogP contribution < -0.4 is 4.90 Å². The first-order valence-electron chi connectivity index (χ1n) is 16.2. The maximum absolute atomic E-state index is 14.7. The zero-order valence-corrected chi connectivity index (χ0v) is 25.9. The van der Waals surface area contributed by atoms with Crippen LogP contribution in [-0.2, 0) is 25.6 Å². The number of anilines is 1. The maximum Gasteiger partial charge on any atom is 0.241 e. The largest absolute Gasteiger partial charge is 0.508 e. The Morgan fingerprint density at radius 3 is 2.21 bits per heavy atom. The average molecular weight is 627 g/mol. The van der Waals surface area contributed by atoms with Gasteiger partial charge >= 0.3 is 0 Å². The second-order valence-corrected chi connectivity index (χ2v) is 13.5. The fraction of sp³-hybridized carbons (Fsp3) is 0.282. The van der Waals surface area contributed by atoms with Crippen LogP contribution in [0, 0.1) is 29.1 Å². The van der Waals surface area contributed by atoms with Crippen LogP contribution in [0.15, 0.2) is 103 Å². The Morgan fingerprint density at radius 2 is 1.47 bits per heavy atom. The number of amides is 4. The van der Waals surface area contributed by atoms with Crippen LogP contribution >= 0.6 is 0 Å². The molecular formula is C39H34N2O6. The van der Waals surface area contributed by atoms with Crippen molar-refractivity contribution in [2.75, 3.05) is 11.4 Å². The number of nitrogens with zero attached hydrogens (tertiary/aromatic N) is 2. The highest BCUT2D eigenvalue weighted by molar-refractivity contribution is 6.24. The van der Waals surface area contributed by atoms with Crippen LogP contribution in [0.5, 0.6) is 11.5 Å². The minimum atomic E-state index is -1.16. The molecule has 8 rings (SSSR count). The lowest BCUT2D eigenvalue weighted by Gasteiger charge is -2.49. The molecule has 4 amide bonds. The molecule has 47 heavy (non-hydrogen) atoms. The Morgan fingerprint density at radius 1 is 0.766 bits per heavy atom. The first-order valence-corrected chi connectivity index (χ1v) is 16.2. The van der Waals surface area contributed by atoms with Gasteiger partial charge < -0.3 is 10.2 Å². The van der Waals surface area contributed by atoms with Gasteiger partial charge in [0.15, 0.2) is 0 Å². The molecule has 2 saturated heterocycles. The molecule has 8 heteroatoms. The molecule has 0 radical (unpaired) electrons. The van der Waals surface area contributed by atoms with Crippen molar-refractivity contribution < 1.29 is 29.4 Å². The van der Waals surface area contributed by atoms with Crippen molar-refractivity contribution in [2.24, 2.45) is 29.1 Å². The number of phenolic OH excluding ortho intramolecular Hbond substituents is 2. The van der Waals surface area contributed by atoms with Crippen LogP contribution in [-0.4, -0.2) is 45.3 Å². The van der Waals surface area contributed by atoms with Crippen LogP contribution in [0.4, 0.5) is 5.69 Å². The Hall–Kier alpha value is -5.24. The number of allylic oxidation sites excluding steroid dienone is 2. The van der Waals surface area contributed by atoms with E-state index >= 15 is 0 Å². The minimum absolute atomic E-state index is 0.122. The van der Waals surface area contributed by atoms with Gasteiger partial charge in [0.1, 0.15) is 11.5 Å². The Balaban J connectivity index is 1.24. The van der Waals surface area contributed by atoms with E-state index in [1.54, 1.807) is 54.6 Å². The number of likely N-dealkylation sites (tertiary alicyclic amines) is 1. The number of phenols is 2. The smallest absolute Gasteiger partial charge is 0.241 e. The average Bonchev–Trinajstić information content (AvgIpc) is 3.44. The lowest BCUT2D eigenvalue weighted by Crippen LogP contribution is -2.49. The number of carbonyl (C=O) groups is 4. The molecule has 2 heterocycles. The molecule has 4 aliphatic rings. The molecule has 0 spiro atoms. The molecule has 2 N–H and O–H groups in total. The molecule has 6 unspecified atom stereocenters. The lowest BCUT2D eigenvalue weighted by molar-refractivity contribution is -0.140. The van der Waals surface area contributed by atoms with Crippen molar-refractivity contribution in [1.82, 2.24) is 4.90 Å². The maximum atomic E-state index is 14.7. The summed E-state index contributed by atoms with van der Waals surface area (Å²) in [5, 5.41) is 21.9. The monoisotopic (exact) mass is 626 g/mol. The number of rotatable bonds is 5. The number of carbonyl (C=O) groups excluding carboxylic acids is 4. The normalized spacial score (nSPS) is 28.4. The summed E-state index contributed by atoms with van der Waals surface area (Å²) >= 11 is 0. The van der Waals surface area contributed by atoms with Gasteiger partial charge in [0.05, 0.1) is 28.9 Å². The van der Waals surface area contributed by atoms with E-state index in [9.17, 15) is 29.4 Å². The zero-order chi connectivity index (χ0) is 32.6. The van der Waals surface area contributed by atoms with Gasteiger partial charge in [-0.1, -0.05) is 72.3 Å². The Bertz CT molecular complexity index is 2000. The Kier molecular flexibility index (Phi) is 6.62. The van der Waals surface area contributed by atoms with E-state index in [-0.39, 0.29) is 48.1 Å². The zero-order valence-electron chi connectivity index (χ0n) is 25.9. The number of aromatic hydroxyl groups is 2. The molecular weight excluding hydrogens is 592 g/mol. The standard InChI is InChI=1S/C39H34N2O6/c1-39-31(36(45)41(38(39)47)23-7-3-2-4-8-23)21-30-28(34(39)27-17-18-32(43)26-10-6-5-9-25(26)27)15-16-29-33(30)37(46)40(35(29)44)20-19-22-11-13-24(42)14-12-22/h2-15,17-18,29-31,33-34,42-43H,16,19-21H2,1H3. The molecule has 2 aliphatic carbocycles. The van der Waals surface area contributed by atoms with E-state index in [1.165, 1.54) is 9.80 Å². The number of para-hydroxylation sites is 1. The fourth-order valence-electron chi connectivity index (χ4n) is 8.93. The third-order valence-electron chi connectivity index (χ3n) is 11.2. The minimum Gasteiger partial charge on any atom is -0.508 e. The van der Waals surface area contributed by atoms with Gasteiger partial charge in [-0.25, -0.2) is 4.90 Å². The summed E-state index contributed by atoms with van der Waals surface area (Å²) < 4.78 is 0. The number of imide groups is 2. The van der Waals surface area contributed by atoms with Gasteiger partial charge in [-0.05, 0) is 78.9 Å². The van der Waals surface area contributed by atoms with E-state index < -0.39 is 35.0 Å². The summed E-state index contributed by atoms with van der Waals surface area (Å²) in [6.45, 7) is 2.10. The van der Waals surface area contributed by atoms with Crippen molar-refractivity contribution in [1.29, 1.82) is 0 Å². The SMILES string of the molecule is CC12C(=O)N(c3ccccc3)C(=O)C1CC1C(=CCC3C(=O)N(CCc4ccc(O)cc4)C(=O)C31)C2c1ccc(O)c2ccccc12. The second-order valence-electron chi connectivity index (χ2n) is 13.5. The third kappa shape index (κ3) is 4.20. The van der Waals surface area contributed by atoms with Crippen LogP contribution in [0.1, 0.15) is 36.8 Å². The van der Waals surface area contributed by atoms with Crippen molar-refractivity contribution >= 4 is 40.1 Å². The fourth-order valence-corrected chi connectivity index (χ4v) is 8.93. The van der Waals surface area contributed by atoms with Crippen molar-refractivity contribution in [2.45, 2.75) is 32.1 Å². The molecule has 0 bridgehead atoms. The second kappa shape index (κ2) is 10.7. The molecule has 8 nitrogen and oxygen atoms in total. The molecule has 0 aromatic heterocycles. The van der Waals surface area contributed by atoms with E-state index in [2.05, 4.69) is 6.08 Å². The summed E-state index contributed by atoms with van der Waals surface area (Å²) in [6.07, 6.45) is 3.17. The Labute approximate surface area is 271 Å². The van der Waals surface area contributed by atoms with E-state index in [1.807, 2.05) is 43.3 Å². The number of hydrogen-bond donors (Lipinski definition) is 2. The first-order chi connectivity index (χ1) is 22.7. The summed E-state index contributed by atoms with van der Waals surface area (Å²) in [5.41, 5.74) is 1.98. The highest BCUT2D eigenvalue weighted by atomic mass is 16.3. The summed E-state index contributed by atoms with van der Waals surface area (Å²) in [4.78, 5) is 59.7. The number of fused-ring (bicyclic) bond motifs is 5. The van der Waals surface area contributed by atoms with Gasteiger partial charge in [0.2, 0.25) is 23.6 Å². The van der Waals surface area contributed by atoms with Gasteiger partial charge in [-0.3, -0.25) is 24.1 Å². The first kappa shape index (κ1) is 29.2. The molecule has 4 aromatic rings. The molecule has 2 aliphatic heterocycles. The van der Waals surface area contributed by atoms with Gasteiger partial charge in [-0.15, -0.1) is 0 Å². The number of benzene rings is 4. The quantitative estimate of drug-likeness (QED) is 0.216. The number of hydrogen-bond acceptors (Lipinski definition) is 6. The summed E-state index contributed by atoms with van der Waals surface area (Å²) in [7, 11) is 0. The highest BCUT2D eigenvalue weighted by Crippen LogP contribution is 2.64. The molecule has 236 valence electrons. The topological polar surface area (TPSA) is 115 Å². The van der Waals surface area contributed by atoms with Crippen molar-refractivity contribution in [3.05, 3.63) is 114 Å². The molecule has 4 aromatic carbocycles. The van der Waals surface area contributed by atoms with Crippen LogP contribution in [0.25, 0.3) is 10.8 Å². The van der Waals surface area contributed by atoms with Crippen LogP contribution in [0.3, 0.4) is 0 Å². The van der Waals surface area contributed by atoms with E-state index in [0.717, 1.165) is 22.1 Å². The highest BCUT2D eigenvalue weighted by Gasteiger charge is 2.67. The third-order valence-corrected chi connectivity index (χ3v) is 11.2.